The van der Waals surface area contributed by atoms with E-state index in [0.717, 1.165) is 13.0 Å². The van der Waals surface area contributed by atoms with E-state index in [1.165, 1.54) is 12.8 Å². The van der Waals surface area contributed by atoms with E-state index < -0.39 is 0 Å². The molecule has 0 aromatic heterocycles. The van der Waals surface area contributed by atoms with Gasteiger partial charge in [-0.3, -0.25) is 0 Å². The molecule has 1 heterocycles. The van der Waals surface area contributed by atoms with Crippen LogP contribution in [-0.4, -0.2) is 49.0 Å². The van der Waals surface area contributed by atoms with Crippen molar-refractivity contribution in [3.63, 3.8) is 0 Å². The Hall–Kier alpha value is -0.120. The molecular formula is C12H25NO2. The first-order valence-corrected chi connectivity index (χ1v) is 6.15. The molecule has 90 valence electrons. The van der Waals surface area contributed by atoms with Gasteiger partial charge in [-0.05, 0) is 26.3 Å². The normalized spacial score (nSPS) is 27.6. The largest absolute Gasteiger partial charge is 0.393 e. The summed E-state index contributed by atoms with van der Waals surface area (Å²) in [6.45, 7) is 6.82. The summed E-state index contributed by atoms with van der Waals surface area (Å²) in [6.07, 6.45) is 2.98. The molecule has 0 saturated carbocycles. The fourth-order valence-electron chi connectivity index (χ4n) is 2.39. The molecule has 1 saturated heterocycles. The molecule has 0 aromatic carbocycles. The second kappa shape index (κ2) is 6.46. The molecule has 1 aliphatic rings. The summed E-state index contributed by atoms with van der Waals surface area (Å²) in [7, 11) is 2.15. The van der Waals surface area contributed by atoms with Crippen molar-refractivity contribution in [1.82, 2.24) is 4.90 Å². The highest BCUT2D eigenvalue weighted by Crippen LogP contribution is 2.17. The van der Waals surface area contributed by atoms with Gasteiger partial charge in [0.2, 0.25) is 0 Å². The minimum Gasteiger partial charge on any atom is -0.393 e. The molecular weight excluding hydrogens is 190 g/mol. The van der Waals surface area contributed by atoms with Crippen LogP contribution in [0.15, 0.2) is 0 Å². The molecule has 1 aliphatic heterocycles. The van der Waals surface area contributed by atoms with Crippen LogP contribution in [0.1, 0.15) is 33.1 Å². The van der Waals surface area contributed by atoms with Crippen molar-refractivity contribution in [3.05, 3.63) is 0 Å². The quantitative estimate of drug-likeness (QED) is 0.754. The summed E-state index contributed by atoms with van der Waals surface area (Å²) in [4.78, 5) is 2.36. The molecule has 15 heavy (non-hydrogen) atoms. The van der Waals surface area contributed by atoms with Crippen LogP contribution in [0.3, 0.4) is 0 Å². The van der Waals surface area contributed by atoms with Crippen molar-refractivity contribution in [3.8, 4) is 0 Å². The van der Waals surface area contributed by atoms with E-state index in [2.05, 4.69) is 25.8 Å². The highest BCUT2D eigenvalue weighted by atomic mass is 16.5. The smallest absolute Gasteiger partial charge is 0.0624 e. The number of rotatable bonds is 5. The molecule has 0 radical (unpaired) electrons. The van der Waals surface area contributed by atoms with Crippen LogP contribution < -0.4 is 0 Å². The van der Waals surface area contributed by atoms with Gasteiger partial charge < -0.3 is 14.7 Å². The Balaban J connectivity index is 2.38. The van der Waals surface area contributed by atoms with Crippen LogP contribution in [0, 0.1) is 5.92 Å². The summed E-state index contributed by atoms with van der Waals surface area (Å²) in [6, 6.07) is 0.638. The van der Waals surface area contributed by atoms with E-state index in [9.17, 15) is 5.11 Å². The first kappa shape index (κ1) is 12.9. The van der Waals surface area contributed by atoms with Gasteiger partial charge in [-0.2, -0.15) is 0 Å². The van der Waals surface area contributed by atoms with Crippen LogP contribution in [0.2, 0.25) is 0 Å². The highest BCUT2D eigenvalue weighted by molar-refractivity contribution is 4.77. The number of aliphatic hydroxyl groups excluding tert-OH is 1. The molecule has 2 unspecified atom stereocenters. The predicted octanol–water partition coefficient (Wildman–Crippen LogP) is 1.50. The number of hydrogen-bond donors (Lipinski definition) is 1. The van der Waals surface area contributed by atoms with Gasteiger partial charge in [-0.15, -0.1) is 0 Å². The van der Waals surface area contributed by atoms with Crippen LogP contribution >= 0.6 is 0 Å². The summed E-state index contributed by atoms with van der Waals surface area (Å²) in [5, 5.41) is 9.84. The van der Waals surface area contributed by atoms with Crippen molar-refractivity contribution >= 4 is 0 Å². The molecule has 1 fully saturated rings. The zero-order valence-electron chi connectivity index (χ0n) is 10.3. The number of nitrogens with zero attached hydrogens (tertiary/aromatic N) is 1. The molecule has 0 amide bonds. The van der Waals surface area contributed by atoms with Crippen molar-refractivity contribution in [1.29, 1.82) is 0 Å². The summed E-state index contributed by atoms with van der Waals surface area (Å²) < 4.78 is 5.41. The van der Waals surface area contributed by atoms with Crippen LogP contribution in [0.5, 0.6) is 0 Å². The van der Waals surface area contributed by atoms with E-state index in [1.54, 1.807) is 0 Å². The van der Waals surface area contributed by atoms with Crippen molar-refractivity contribution in [2.24, 2.45) is 5.92 Å². The SMILES string of the molecule is CCC(CC)N(C)CC1COCCC1O. The minimum absolute atomic E-state index is 0.171. The number of ether oxygens (including phenoxy) is 1. The lowest BCUT2D eigenvalue weighted by atomic mass is 9.97. The van der Waals surface area contributed by atoms with Gasteiger partial charge in [0, 0.05) is 25.1 Å². The standard InChI is InChI=1S/C12H25NO2/c1-4-11(5-2)13(3)8-10-9-15-7-6-12(10)14/h10-12,14H,4-9H2,1-3H3. The third-order valence-corrected chi connectivity index (χ3v) is 3.52. The molecule has 0 bridgehead atoms. The molecule has 3 heteroatoms. The molecule has 2 atom stereocenters. The Labute approximate surface area is 93.4 Å². The van der Waals surface area contributed by atoms with Crippen LogP contribution in [0.4, 0.5) is 0 Å². The van der Waals surface area contributed by atoms with Crippen molar-refractivity contribution < 1.29 is 9.84 Å². The summed E-state index contributed by atoms with van der Waals surface area (Å²) in [5.41, 5.74) is 0. The third-order valence-electron chi connectivity index (χ3n) is 3.52. The fraction of sp³-hybridized carbons (Fsp3) is 1.00. The maximum atomic E-state index is 9.84. The first-order chi connectivity index (χ1) is 7.19. The zero-order valence-corrected chi connectivity index (χ0v) is 10.3. The van der Waals surface area contributed by atoms with E-state index in [1.807, 2.05) is 0 Å². The fourth-order valence-corrected chi connectivity index (χ4v) is 2.39. The maximum Gasteiger partial charge on any atom is 0.0624 e. The lowest BCUT2D eigenvalue weighted by Gasteiger charge is -2.34. The van der Waals surface area contributed by atoms with Gasteiger partial charge >= 0.3 is 0 Å². The average Bonchev–Trinajstić information content (AvgIpc) is 2.23. The van der Waals surface area contributed by atoms with E-state index in [0.29, 0.717) is 25.2 Å². The Morgan fingerprint density at radius 3 is 2.60 bits per heavy atom. The van der Waals surface area contributed by atoms with Gasteiger partial charge in [0.25, 0.3) is 0 Å². The first-order valence-electron chi connectivity index (χ1n) is 6.15. The summed E-state index contributed by atoms with van der Waals surface area (Å²) >= 11 is 0. The van der Waals surface area contributed by atoms with Gasteiger partial charge in [-0.1, -0.05) is 13.8 Å². The van der Waals surface area contributed by atoms with Gasteiger partial charge in [0.1, 0.15) is 0 Å². The van der Waals surface area contributed by atoms with Gasteiger partial charge in [0.05, 0.1) is 12.7 Å². The van der Waals surface area contributed by atoms with Gasteiger partial charge in [0.15, 0.2) is 0 Å². The van der Waals surface area contributed by atoms with E-state index in [4.69, 9.17) is 4.74 Å². The number of hydrogen-bond acceptors (Lipinski definition) is 3. The molecule has 1 N–H and O–H groups in total. The second-order valence-electron chi connectivity index (χ2n) is 4.60. The van der Waals surface area contributed by atoms with Crippen molar-refractivity contribution in [2.75, 3.05) is 26.8 Å². The zero-order chi connectivity index (χ0) is 11.3. The third kappa shape index (κ3) is 3.74. The van der Waals surface area contributed by atoms with E-state index in [-0.39, 0.29) is 6.10 Å². The maximum absolute atomic E-state index is 9.84. The lowest BCUT2D eigenvalue weighted by molar-refractivity contribution is -0.0480. The van der Waals surface area contributed by atoms with E-state index >= 15 is 0 Å². The highest BCUT2D eigenvalue weighted by Gasteiger charge is 2.26. The summed E-state index contributed by atoms with van der Waals surface area (Å²) in [5.74, 6) is 0.296. The minimum atomic E-state index is -0.171. The van der Waals surface area contributed by atoms with Crippen LogP contribution in [-0.2, 0) is 4.74 Å². The van der Waals surface area contributed by atoms with Crippen LogP contribution in [0.25, 0.3) is 0 Å². The topological polar surface area (TPSA) is 32.7 Å². The Kier molecular flexibility index (Phi) is 5.58. The molecule has 1 rings (SSSR count). The Bertz CT molecular complexity index is 171. The molecule has 0 aliphatic carbocycles. The molecule has 3 nitrogen and oxygen atoms in total. The lowest BCUT2D eigenvalue weighted by Crippen LogP contribution is -2.42. The molecule has 0 aromatic rings. The Morgan fingerprint density at radius 1 is 1.40 bits per heavy atom. The monoisotopic (exact) mass is 215 g/mol. The predicted molar refractivity (Wildman–Crippen MR) is 61.9 cm³/mol. The van der Waals surface area contributed by atoms with Crippen molar-refractivity contribution in [2.45, 2.75) is 45.3 Å². The average molecular weight is 215 g/mol. The Morgan fingerprint density at radius 2 is 2.07 bits per heavy atom. The molecule has 0 spiro atoms. The second-order valence-corrected chi connectivity index (χ2v) is 4.60. The number of aliphatic hydroxyl groups is 1. The van der Waals surface area contributed by atoms with Gasteiger partial charge in [-0.25, -0.2) is 0 Å².